The molecule has 2 aromatic rings. The van der Waals surface area contributed by atoms with Crippen LogP contribution in [0.1, 0.15) is 5.56 Å². The van der Waals surface area contributed by atoms with E-state index in [1.165, 1.54) is 20.5 Å². The van der Waals surface area contributed by atoms with Crippen LogP contribution in [0.2, 0.25) is 0 Å². The van der Waals surface area contributed by atoms with Crippen LogP contribution in [0.15, 0.2) is 39.5 Å². The zero-order valence-electron chi connectivity index (χ0n) is 7.53. The minimum absolute atomic E-state index is 0.602. The van der Waals surface area contributed by atoms with Gasteiger partial charge >= 0.3 is 0 Å². The lowest BCUT2D eigenvalue weighted by atomic mass is 10.1. The van der Waals surface area contributed by atoms with E-state index in [0.717, 1.165) is 0 Å². The van der Waals surface area contributed by atoms with Crippen LogP contribution in [-0.4, -0.2) is 0 Å². The Morgan fingerprint density at radius 1 is 1.14 bits per heavy atom. The fourth-order valence-corrected chi connectivity index (χ4v) is 2.64. The van der Waals surface area contributed by atoms with Gasteiger partial charge in [0.1, 0.15) is 0 Å². The summed E-state index contributed by atoms with van der Waals surface area (Å²) in [5, 5.41) is 2.08. The fourth-order valence-electron chi connectivity index (χ4n) is 1.32. The SMILES string of the molecule is NCc1ccc(-c2ccsc2Br)cc1. The van der Waals surface area contributed by atoms with Gasteiger partial charge in [0.25, 0.3) is 0 Å². The monoisotopic (exact) mass is 267 g/mol. The molecule has 0 radical (unpaired) electrons. The minimum Gasteiger partial charge on any atom is -0.326 e. The number of hydrogen-bond acceptors (Lipinski definition) is 2. The summed E-state index contributed by atoms with van der Waals surface area (Å²) in [6.07, 6.45) is 0. The molecule has 0 amide bonds. The first-order chi connectivity index (χ1) is 6.81. The highest BCUT2D eigenvalue weighted by molar-refractivity contribution is 9.11. The number of nitrogens with two attached hydrogens (primary N) is 1. The van der Waals surface area contributed by atoms with Gasteiger partial charge in [-0.1, -0.05) is 24.3 Å². The molecule has 0 aliphatic heterocycles. The third-order valence-corrected chi connectivity index (χ3v) is 3.81. The van der Waals surface area contributed by atoms with E-state index in [-0.39, 0.29) is 0 Å². The average Bonchev–Trinajstić information content (AvgIpc) is 2.65. The van der Waals surface area contributed by atoms with E-state index in [2.05, 4.69) is 51.6 Å². The minimum atomic E-state index is 0.602. The Bertz CT molecular complexity index is 419. The quantitative estimate of drug-likeness (QED) is 0.884. The summed E-state index contributed by atoms with van der Waals surface area (Å²) >= 11 is 5.23. The molecule has 0 spiro atoms. The molecule has 0 saturated heterocycles. The zero-order valence-corrected chi connectivity index (χ0v) is 9.94. The van der Waals surface area contributed by atoms with E-state index >= 15 is 0 Å². The maximum atomic E-state index is 5.54. The molecule has 0 fully saturated rings. The summed E-state index contributed by atoms with van der Waals surface area (Å²) in [5.41, 5.74) is 9.19. The first-order valence-corrected chi connectivity index (χ1v) is 6.01. The van der Waals surface area contributed by atoms with Gasteiger partial charge in [-0.15, -0.1) is 11.3 Å². The third kappa shape index (κ3) is 1.90. The topological polar surface area (TPSA) is 26.0 Å². The van der Waals surface area contributed by atoms with Crippen molar-refractivity contribution >= 4 is 27.3 Å². The lowest BCUT2D eigenvalue weighted by Gasteiger charge is -2.01. The van der Waals surface area contributed by atoms with Crippen molar-refractivity contribution in [1.29, 1.82) is 0 Å². The maximum Gasteiger partial charge on any atom is 0.0776 e. The summed E-state index contributed by atoms with van der Waals surface area (Å²) in [4.78, 5) is 0. The molecule has 0 aliphatic carbocycles. The standard InChI is InChI=1S/C11H10BrNS/c12-11-10(5-6-14-11)9-3-1-8(7-13)2-4-9/h1-6H,7,13H2. The predicted molar refractivity (Wildman–Crippen MR) is 65.3 cm³/mol. The van der Waals surface area contributed by atoms with Gasteiger partial charge < -0.3 is 5.73 Å². The van der Waals surface area contributed by atoms with Crippen molar-refractivity contribution in [3.8, 4) is 11.1 Å². The molecule has 1 aromatic carbocycles. The van der Waals surface area contributed by atoms with Gasteiger partial charge in [-0.2, -0.15) is 0 Å². The molecule has 3 heteroatoms. The average molecular weight is 268 g/mol. The second kappa shape index (κ2) is 4.26. The summed E-state index contributed by atoms with van der Waals surface area (Å²) in [7, 11) is 0. The molecule has 0 saturated carbocycles. The van der Waals surface area contributed by atoms with Crippen LogP contribution < -0.4 is 5.73 Å². The number of halogens is 1. The van der Waals surface area contributed by atoms with E-state index in [1.54, 1.807) is 11.3 Å². The normalized spacial score (nSPS) is 10.4. The van der Waals surface area contributed by atoms with Gasteiger partial charge in [0.05, 0.1) is 3.79 Å². The van der Waals surface area contributed by atoms with Crippen molar-refractivity contribution in [3.05, 3.63) is 45.1 Å². The Kier molecular flexibility index (Phi) is 3.01. The number of rotatable bonds is 2. The smallest absolute Gasteiger partial charge is 0.0776 e. The molecular weight excluding hydrogens is 258 g/mol. The van der Waals surface area contributed by atoms with Crippen molar-refractivity contribution < 1.29 is 0 Å². The Labute approximate surface area is 95.7 Å². The highest BCUT2D eigenvalue weighted by Gasteiger charge is 2.03. The van der Waals surface area contributed by atoms with Crippen molar-refractivity contribution in [2.45, 2.75) is 6.54 Å². The Morgan fingerprint density at radius 3 is 2.36 bits per heavy atom. The summed E-state index contributed by atoms with van der Waals surface area (Å²) in [5.74, 6) is 0. The van der Waals surface area contributed by atoms with Crippen LogP contribution in [0.5, 0.6) is 0 Å². The van der Waals surface area contributed by atoms with Crippen molar-refractivity contribution in [1.82, 2.24) is 0 Å². The van der Waals surface area contributed by atoms with E-state index in [1.807, 2.05) is 0 Å². The summed E-state index contributed by atoms with van der Waals surface area (Å²) < 4.78 is 1.18. The molecule has 1 nitrogen and oxygen atoms in total. The first-order valence-electron chi connectivity index (χ1n) is 4.33. The molecule has 1 aromatic heterocycles. The number of hydrogen-bond donors (Lipinski definition) is 1. The van der Waals surface area contributed by atoms with E-state index in [0.29, 0.717) is 6.54 Å². The van der Waals surface area contributed by atoms with E-state index in [4.69, 9.17) is 5.73 Å². The van der Waals surface area contributed by atoms with Crippen molar-refractivity contribution in [2.24, 2.45) is 5.73 Å². The van der Waals surface area contributed by atoms with Crippen molar-refractivity contribution in [2.75, 3.05) is 0 Å². The van der Waals surface area contributed by atoms with Crippen LogP contribution in [0.4, 0.5) is 0 Å². The first kappa shape index (κ1) is 9.90. The van der Waals surface area contributed by atoms with Crippen LogP contribution in [0.25, 0.3) is 11.1 Å². The summed E-state index contributed by atoms with van der Waals surface area (Å²) in [6.45, 7) is 0.602. The molecule has 0 atom stereocenters. The largest absolute Gasteiger partial charge is 0.326 e. The molecule has 72 valence electrons. The molecule has 0 unspecified atom stereocenters. The highest BCUT2D eigenvalue weighted by Crippen LogP contribution is 2.32. The fraction of sp³-hybridized carbons (Fsp3) is 0.0909. The molecule has 2 N–H and O–H groups in total. The van der Waals surface area contributed by atoms with Gasteiger partial charge in [-0.05, 0) is 38.5 Å². The maximum absolute atomic E-state index is 5.54. The zero-order chi connectivity index (χ0) is 9.97. The Balaban J connectivity index is 2.39. The van der Waals surface area contributed by atoms with Gasteiger partial charge in [0.2, 0.25) is 0 Å². The van der Waals surface area contributed by atoms with E-state index < -0.39 is 0 Å². The second-order valence-electron chi connectivity index (χ2n) is 3.01. The lowest BCUT2D eigenvalue weighted by Crippen LogP contribution is -1.94. The van der Waals surface area contributed by atoms with E-state index in [9.17, 15) is 0 Å². The van der Waals surface area contributed by atoms with Gasteiger partial charge in [0, 0.05) is 12.1 Å². The van der Waals surface area contributed by atoms with Gasteiger partial charge in [0.15, 0.2) is 0 Å². The van der Waals surface area contributed by atoms with Crippen LogP contribution in [0, 0.1) is 0 Å². The lowest BCUT2D eigenvalue weighted by molar-refractivity contribution is 1.07. The third-order valence-electron chi connectivity index (χ3n) is 2.12. The molecule has 1 heterocycles. The second-order valence-corrected chi connectivity index (χ2v) is 5.24. The Hall–Kier alpha value is -0.640. The van der Waals surface area contributed by atoms with Gasteiger partial charge in [-0.3, -0.25) is 0 Å². The molecule has 14 heavy (non-hydrogen) atoms. The van der Waals surface area contributed by atoms with Crippen LogP contribution in [-0.2, 0) is 6.54 Å². The molecular formula is C11H10BrNS. The van der Waals surface area contributed by atoms with Crippen LogP contribution in [0.3, 0.4) is 0 Å². The van der Waals surface area contributed by atoms with Crippen LogP contribution >= 0.6 is 27.3 Å². The van der Waals surface area contributed by atoms with Gasteiger partial charge in [-0.25, -0.2) is 0 Å². The molecule has 0 aliphatic rings. The van der Waals surface area contributed by atoms with Crippen molar-refractivity contribution in [3.63, 3.8) is 0 Å². The molecule has 2 rings (SSSR count). The highest BCUT2D eigenvalue weighted by atomic mass is 79.9. The Morgan fingerprint density at radius 2 is 1.86 bits per heavy atom. The molecule has 0 bridgehead atoms. The predicted octanol–water partition coefficient (Wildman–Crippen LogP) is 3.64. The number of benzene rings is 1. The number of thiophene rings is 1. The summed E-state index contributed by atoms with van der Waals surface area (Å²) in [6, 6.07) is 10.5.